The molecule has 1 aliphatic heterocycles. The van der Waals surface area contributed by atoms with E-state index in [2.05, 4.69) is 5.32 Å². The largest absolute Gasteiger partial charge is 0.480 e. The third-order valence-electron chi connectivity index (χ3n) is 3.82. The molecule has 0 spiro atoms. The van der Waals surface area contributed by atoms with Crippen molar-refractivity contribution in [1.82, 2.24) is 0 Å². The van der Waals surface area contributed by atoms with E-state index in [-0.39, 0.29) is 17.5 Å². The van der Waals surface area contributed by atoms with Crippen molar-refractivity contribution < 1.29 is 14.8 Å². The van der Waals surface area contributed by atoms with Gasteiger partial charge in [0.15, 0.2) is 0 Å². The minimum Gasteiger partial charge on any atom is -0.480 e. The van der Waals surface area contributed by atoms with Gasteiger partial charge >= 0.3 is 5.97 Å². The third-order valence-corrected chi connectivity index (χ3v) is 3.82. The molecular formula is C13H12N2O4. The highest BCUT2D eigenvalue weighted by Gasteiger charge is 2.41. The zero-order valence-electron chi connectivity index (χ0n) is 9.95. The van der Waals surface area contributed by atoms with Crippen LogP contribution in [-0.2, 0) is 4.79 Å². The molecule has 6 nitrogen and oxygen atoms in total. The molecule has 0 bridgehead atoms. The lowest BCUT2D eigenvalue weighted by Crippen LogP contribution is -2.41. The molecule has 2 aliphatic rings. The van der Waals surface area contributed by atoms with Gasteiger partial charge in [0.25, 0.3) is 5.69 Å². The van der Waals surface area contributed by atoms with Crippen molar-refractivity contribution in [3.05, 3.63) is 46.0 Å². The SMILES string of the molecule is O=C(O)[C@H]1Nc2ccc([N+](=O)[O-])cc2[C@@H]2C=CC[C@@H]12. The number of aliphatic carboxylic acids is 1. The summed E-state index contributed by atoms with van der Waals surface area (Å²) < 4.78 is 0. The summed E-state index contributed by atoms with van der Waals surface area (Å²) in [5.41, 5.74) is 1.52. The van der Waals surface area contributed by atoms with Gasteiger partial charge in [0, 0.05) is 29.7 Å². The number of nitrogens with zero attached hydrogens (tertiary/aromatic N) is 1. The molecule has 0 saturated carbocycles. The van der Waals surface area contributed by atoms with Crippen LogP contribution in [0.1, 0.15) is 17.9 Å². The van der Waals surface area contributed by atoms with Crippen LogP contribution < -0.4 is 5.32 Å². The summed E-state index contributed by atoms with van der Waals surface area (Å²) in [4.78, 5) is 21.7. The first-order valence-electron chi connectivity index (χ1n) is 6.02. The van der Waals surface area contributed by atoms with Gasteiger partial charge in [0.2, 0.25) is 0 Å². The first-order chi connectivity index (χ1) is 9.08. The van der Waals surface area contributed by atoms with E-state index in [4.69, 9.17) is 0 Å². The highest BCUT2D eigenvalue weighted by Crippen LogP contribution is 2.45. The van der Waals surface area contributed by atoms with E-state index in [1.807, 2.05) is 12.2 Å². The number of nitro benzene ring substituents is 1. The Morgan fingerprint density at radius 3 is 2.95 bits per heavy atom. The average Bonchev–Trinajstić information content (AvgIpc) is 2.86. The van der Waals surface area contributed by atoms with E-state index in [0.29, 0.717) is 12.1 Å². The second-order valence-electron chi connectivity index (χ2n) is 4.84. The molecule has 1 aromatic rings. The fourth-order valence-electron chi connectivity index (χ4n) is 2.94. The number of anilines is 1. The molecule has 0 saturated heterocycles. The van der Waals surface area contributed by atoms with Gasteiger partial charge in [-0.05, 0) is 18.1 Å². The Bertz CT molecular complexity index is 596. The smallest absolute Gasteiger partial charge is 0.326 e. The van der Waals surface area contributed by atoms with Gasteiger partial charge in [-0.2, -0.15) is 0 Å². The predicted octanol–water partition coefficient (Wildman–Crippen LogP) is 2.13. The summed E-state index contributed by atoms with van der Waals surface area (Å²) in [5, 5.41) is 23.1. The Morgan fingerprint density at radius 2 is 2.26 bits per heavy atom. The molecule has 1 aliphatic carbocycles. The second kappa shape index (κ2) is 4.08. The number of benzene rings is 1. The van der Waals surface area contributed by atoms with Gasteiger partial charge in [-0.3, -0.25) is 10.1 Å². The summed E-state index contributed by atoms with van der Waals surface area (Å²) >= 11 is 0. The number of carboxylic acids is 1. The Labute approximate surface area is 108 Å². The number of nitrogens with one attached hydrogen (secondary N) is 1. The number of nitro groups is 1. The number of rotatable bonds is 2. The third kappa shape index (κ3) is 1.76. The van der Waals surface area contributed by atoms with Gasteiger partial charge in [0.05, 0.1) is 4.92 Å². The van der Waals surface area contributed by atoms with Crippen molar-refractivity contribution in [3.8, 4) is 0 Å². The zero-order chi connectivity index (χ0) is 13.6. The van der Waals surface area contributed by atoms with Crippen LogP contribution in [0, 0.1) is 16.0 Å². The van der Waals surface area contributed by atoms with Gasteiger partial charge < -0.3 is 10.4 Å². The number of hydrogen-bond donors (Lipinski definition) is 2. The molecule has 1 aromatic carbocycles. The van der Waals surface area contributed by atoms with E-state index >= 15 is 0 Å². The molecule has 2 N–H and O–H groups in total. The maximum Gasteiger partial charge on any atom is 0.326 e. The number of allylic oxidation sites excluding steroid dienone is 2. The molecule has 3 rings (SSSR count). The van der Waals surface area contributed by atoms with Crippen LogP contribution in [0.2, 0.25) is 0 Å². The lowest BCUT2D eigenvalue weighted by Gasteiger charge is -2.34. The van der Waals surface area contributed by atoms with Crippen molar-refractivity contribution in [2.24, 2.45) is 5.92 Å². The monoisotopic (exact) mass is 260 g/mol. The molecule has 0 unspecified atom stereocenters. The summed E-state index contributed by atoms with van der Waals surface area (Å²) in [6.07, 6.45) is 4.57. The van der Waals surface area contributed by atoms with Crippen LogP contribution in [-0.4, -0.2) is 22.0 Å². The van der Waals surface area contributed by atoms with Gasteiger partial charge in [-0.25, -0.2) is 4.79 Å². The predicted molar refractivity (Wildman–Crippen MR) is 68.1 cm³/mol. The van der Waals surface area contributed by atoms with Crippen LogP contribution >= 0.6 is 0 Å². The molecule has 3 atom stereocenters. The topological polar surface area (TPSA) is 92.5 Å². The normalized spacial score (nSPS) is 27.3. The Balaban J connectivity index is 2.08. The molecule has 1 heterocycles. The quantitative estimate of drug-likeness (QED) is 0.482. The second-order valence-corrected chi connectivity index (χ2v) is 4.84. The number of non-ortho nitro benzene ring substituents is 1. The number of carboxylic acid groups (broad SMARTS) is 1. The van der Waals surface area contributed by atoms with Crippen LogP contribution in [0.25, 0.3) is 0 Å². The van der Waals surface area contributed by atoms with E-state index in [1.54, 1.807) is 6.07 Å². The average molecular weight is 260 g/mol. The Hall–Kier alpha value is -2.37. The van der Waals surface area contributed by atoms with Crippen molar-refractivity contribution >= 4 is 17.3 Å². The zero-order valence-corrected chi connectivity index (χ0v) is 9.95. The lowest BCUT2D eigenvalue weighted by molar-refractivity contribution is -0.384. The van der Waals surface area contributed by atoms with E-state index < -0.39 is 16.9 Å². The van der Waals surface area contributed by atoms with Crippen molar-refractivity contribution in [2.45, 2.75) is 18.4 Å². The van der Waals surface area contributed by atoms with Crippen molar-refractivity contribution in [3.63, 3.8) is 0 Å². The van der Waals surface area contributed by atoms with Crippen LogP contribution in [0.15, 0.2) is 30.4 Å². The first kappa shape index (κ1) is 11.7. The van der Waals surface area contributed by atoms with Crippen molar-refractivity contribution in [2.75, 3.05) is 5.32 Å². The number of hydrogen-bond acceptors (Lipinski definition) is 4. The van der Waals surface area contributed by atoms with Crippen LogP contribution in [0.3, 0.4) is 0 Å². The maximum atomic E-state index is 11.3. The fourth-order valence-corrected chi connectivity index (χ4v) is 2.94. The molecule has 0 amide bonds. The number of fused-ring (bicyclic) bond motifs is 3. The first-order valence-corrected chi connectivity index (χ1v) is 6.02. The van der Waals surface area contributed by atoms with Crippen molar-refractivity contribution in [1.29, 1.82) is 0 Å². The summed E-state index contributed by atoms with van der Waals surface area (Å²) in [5.74, 6) is -1.02. The molecule has 0 radical (unpaired) electrons. The number of carbonyl (C=O) groups is 1. The van der Waals surface area contributed by atoms with Gasteiger partial charge in [-0.15, -0.1) is 0 Å². The Morgan fingerprint density at radius 1 is 1.47 bits per heavy atom. The molecule has 0 aromatic heterocycles. The minimum absolute atomic E-state index is 0.0355. The van der Waals surface area contributed by atoms with E-state index in [9.17, 15) is 20.0 Å². The van der Waals surface area contributed by atoms with Crippen LogP contribution in [0.4, 0.5) is 11.4 Å². The minimum atomic E-state index is -0.886. The molecule has 98 valence electrons. The molecule has 6 heteroatoms. The summed E-state index contributed by atoms with van der Waals surface area (Å²) in [6.45, 7) is 0. The highest BCUT2D eigenvalue weighted by molar-refractivity contribution is 5.81. The van der Waals surface area contributed by atoms with E-state index in [0.717, 1.165) is 5.56 Å². The lowest BCUT2D eigenvalue weighted by atomic mass is 9.79. The van der Waals surface area contributed by atoms with Gasteiger partial charge in [-0.1, -0.05) is 12.2 Å². The summed E-state index contributed by atoms with van der Waals surface area (Å²) in [7, 11) is 0. The van der Waals surface area contributed by atoms with Crippen LogP contribution in [0.5, 0.6) is 0 Å². The fraction of sp³-hybridized carbons (Fsp3) is 0.308. The highest BCUT2D eigenvalue weighted by atomic mass is 16.6. The van der Waals surface area contributed by atoms with E-state index in [1.165, 1.54) is 12.1 Å². The molecule has 19 heavy (non-hydrogen) atoms. The Kier molecular flexibility index (Phi) is 2.51. The summed E-state index contributed by atoms with van der Waals surface area (Å²) in [6, 6.07) is 3.87. The standard InChI is InChI=1S/C13H12N2O4/c16-13(17)12-9-3-1-2-8(9)10-6-7(15(18)19)4-5-11(10)14-12/h1-2,4-6,8-9,12,14H,3H2,(H,16,17)/t8-,9-,12+/m1/s1. The molecule has 0 fully saturated rings. The maximum absolute atomic E-state index is 11.3. The molecular weight excluding hydrogens is 248 g/mol. The van der Waals surface area contributed by atoms with Gasteiger partial charge in [0.1, 0.15) is 6.04 Å².